The maximum absolute atomic E-state index is 13.5. The van der Waals surface area contributed by atoms with Gasteiger partial charge in [-0.15, -0.1) is 0 Å². The van der Waals surface area contributed by atoms with Gasteiger partial charge in [0, 0.05) is 0 Å². The Labute approximate surface area is 111 Å². The summed E-state index contributed by atoms with van der Waals surface area (Å²) in [5.74, 6) is 2.95. The summed E-state index contributed by atoms with van der Waals surface area (Å²) in [6.45, 7) is 0. The zero-order valence-corrected chi connectivity index (χ0v) is 9.93. The van der Waals surface area contributed by atoms with Gasteiger partial charge in [-0.1, -0.05) is 6.07 Å². The molecule has 0 aliphatic carbocycles. The Bertz CT molecular complexity index is 665. The molecule has 9 heteroatoms. The van der Waals surface area contributed by atoms with E-state index in [0.29, 0.717) is 0 Å². The number of rotatable bonds is 4. The molecule has 0 fully saturated rings. The van der Waals surface area contributed by atoms with Crippen molar-refractivity contribution in [3.63, 3.8) is 0 Å². The monoisotopic (exact) mass is 281 g/mol. The van der Waals surface area contributed by atoms with E-state index in [4.69, 9.17) is 5.84 Å². The topological polar surface area (TPSA) is 106 Å². The van der Waals surface area contributed by atoms with Crippen LogP contribution in [0.25, 0.3) is 0 Å². The van der Waals surface area contributed by atoms with Crippen LogP contribution in [0.15, 0.2) is 30.3 Å². The second-order valence-electron chi connectivity index (χ2n) is 3.72. The summed E-state index contributed by atoms with van der Waals surface area (Å²) in [4.78, 5) is 13.9. The quantitative estimate of drug-likeness (QED) is 0.451. The number of nitrogen functional groups attached to an aromatic ring is 1. The van der Waals surface area contributed by atoms with Crippen molar-refractivity contribution in [3.8, 4) is 0 Å². The molecule has 0 spiro atoms. The molecule has 0 saturated heterocycles. The molecule has 0 aliphatic heterocycles. The molecule has 104 valence electrons. The number of aromatic nitrogens is 1. The van der Waals surface area contributed by atoms with Gasteiger partial charge in [0.15, 0.2) is 11.6 Å². The molecule has 2 rings (SSSR count). The normalized spacial score (nSPS) is 10.2. The van der Waals surface area contributed by atoms with Gasteiger partial charge in [-0.2, -0.15) is 0 Å². The van der Waals surface area contributed by atoms with Crippen molar-refractivity contribution < 1.29 is 13.7 Å². The predicted molar refractivity (Wildman–Crippen MR) is 68.3 cm³/mol. The Morgan fingerprint density at radius 2 is 1.95 bits per heavy atom. The molecule has 0 aliphatic rings. The number of nitrogens with one attached hydrogen (secondary N) is 2. The zero-order valence-electron chi connectivity index (χ0n) is 9.93. The van der Waals surface area contributed by atoms with Gasteiger partial charge < -0.3 is 10.7 Å². The molecule has 0 radical (unpaired) electrons. The lowest BCUT2D eigenvalue weighted by Crippen LogP contribution is -2.10. The molecular weight excluding hydrogens is 272 g/mol. The summed E-state index contributed by atoms with van der Waals surface area (Å²) in [7, 11) is 0. The van der Waals surface area contributed by atoms with E-state index in [-0.39, 0.29) is 23.0 Å². The minimum atomic E-state index is -1.11. The van der Waals surface area contributed by atoms with E-state index in [1.54, 1.807) is 0 Å². The second kappa shape index (κ2) is 5.45. The fourth-order valence-electron chi connectivity index (χ4n) is 1.50. The van der Waals surface area contributed by atoms with Crippen LogP contribution >= 0.6 is 0 Å². The van der Waals surface area contributed by atoms with Crippen LogP contribution in [0, 0.1) is 21.7 Å². The number of nitro groups is 1. The molecule has 7 nitrogen and oxygen atoms in total. The van der Waals surface area contributed by atoms with Crippen molar-refractivity contribution in [2.24, 2.45) is 5.84 Å². The Morgan fingerprint density at radius 3 is 2.60 bits per heavy atom. The summed E-state index contributed by atoms with van der Waals surface area (Å²) in [5.41, 5.74) is 1.66. The first-order valence-corrected chi connectivity index (χ1v) is 5.35. The largest absolute Gasteiger partial charge is 0.337 e. The lowest BCUT2D eigenvalue weighted by atomic mass is 10.3. The molecule has 0 unspecified atom stereocenters. The molecule has 4 N–H and O–H groups in total. The molecule has 0 atom stereocenters. The van der Waals surface area contributed by atoms with Crippen molar-refractivity contribution in [2.75, 3.05) is 10.7 Å². The highest BCUT2D eigenvalue weighted by atomic mass is 19.2. The fraction of sp³-hybridized carbons (Fsp3) is 0. The van der Waals surface area contributed by atoms with Gasteiger partial charge in [-0.05, 0) is 12.1 Å². The average molecular weight is 281 g/mol. The number of pyridine rings is 1. The molecule has 1 aromatic heterocycles. The molecule has 20 heavy (non-hydrogen) atoms. The molecule has 0 saturated carbocycles. The number of nitrogens with two attached hydrogens (primary N) is 1. The maximum Gasteiger partial charge on any atom is 0.276 e. The minimum absolute atomic E-state index is 0.0125. The number of hydrogen-bond acceptors (Lipinski definition) is 6. The summed E-state index contributed by atoms with van der Waals surface area (Å²) < 4.78 is 26.5. The Morgan fingerprint density at radius 1 is 1.25 bits per heavy atom. The van der Waals surface area contributed by atoms with Crippen molar-refractivity contribution >= 4 is 23.0 Å². The predicted octanol–water partition coefficient (Wildman–Crippen LogP) is 2.30. The van der Waals surface area contributed by atoms with E-state index in [2.05, 4.69) is 15.7 Å². The smallest absolute Gasteiger partial charge is 0.276 e. The maximum atomic E-state index is 13.5. The van der Waals surface area contributed by atoms with E-state index in [0.717, 1.165) is 18.2 Å². The van der Waals surface area contributed by atoms with Crippen molar-refractivity contribution in [2.45, 2.75) is 0 Å². The van der Waals surface area contributed by atoms with Crippen LogP contribution < -0.4 is 16.6 Å². The summed E-state index contributed by atoms with van der Waals surface area (Å²) >= 11 is 0. The summed E-state index contributed by atoms with van der Waals surface area (Å²) in [6.07, 6.45) is 0. The Balaban J connectivity index is 2.40. The number of benzene rings is 1. The minimum Gasteiger partial charge on any atom is -0.337 e. The lowest BCUT2D eigenvalue weighted by molar-refractivity contribution is -0.384. The van der Waals surface area contributed by atoms with E-state index in [1.165, 1.54) is 12.1 Å². The SMILES string of the molecule is NNc1cc([N+](=O)[O-])cc(Nc2cccc(F)c2F)n1. The van der Waals surface area contributed by atoms with E-state index in [1.807, 2.05) is 0 Å². The summed E-state index contributed by atoms with van der Waals surface area (Å²) in [5, 5.41) is 13.2. The van der Waals surface area contributed by atoms with Crippen LogP contribution in [-0.2, 0) is 0 Å². The van der Waals surface area contributed by atoms with E-state index >= 15 is 0 Å². The summed E-state index contributed by atoms with van der Waals surface area (Å²) in [6, 6.07) is 5.70. The molecule has 1 aromatic carbocycles. The molecule has 2 aromatic rings. The first-order chi connectivity index (χ1) is 9.51. The van der Waals surface area contributed by atoms with Gasteiger partial charge in [-0.25, -0.2) is 19.6 Å². The highest BCUT2D eigenvalue weighted by molar-refractivity contribution is 5.62. The van der Waals surface area contributed by atoms with E-state index < -0.39 is 16.6 Å². The number of hydrogen-bond donors (Lipinski definition) is 3. The third-order valence-electron chi connectivity index (χ3n) is 2.38. The average Bonchev–Trinajstić information content (AvgIpc) is 2.43. The number of halogens is 2. The van der Waals surface area contributed by atoms with Gasteiger partial charge in [0.1, 0.15) is 11.6 Å². The second-order valence-corrected chi connectivity index (χ2v) is 3.72. The van der Waals surface area contributed by atoms with Gasteiger partial charge in [0.05, 0.1) is 22.7 Å². The van der Waals surface area contributed by atoms with Crippen molar-refractivity contribution in [1.29, 1.82) is 0 Å². The molecule has 0 bridgehead atoms. The zero-order chi connectivity index (χ0) is 14.7. The van der Waals surface area contributed by atoms with Crippen LogP contribution in [0.5, 0.6) is 0 Å². The Kier molecular flexibility index (Phi) is 3.71. The fourth-order valence-corrected chi connectivity index (χ4v) is 1.50. The van der Waals surface area contributed by atoms with Crippen LogP contribution in [0.4, 0.5) is 31.8 Å². The highest BCUT2D eigenvalue weighted by Crippen LogP contribution is 2.25. The number of nitrogens with zero attached hydrogens (tertiary/aromatic N) is 2. The third kappa shape index (κ3) is 2.78. The van der Waals surface area contributed by atoms with E-state index in [9.17, 15) is 18.9 Å². The van der Waals surface area contributed by atoms with Gasteiger partial charge in [-0.3, -0.25) is 10.1 Å². The van der Waals surface area contributed by atoms with Crippen LogP contribution in [-0.4, -0.2) is 9.91 Å². The third-order valence-corrected chi connectivity index (χ3v) is 2.38. The van der Waals surface area contributed by atoms with Crippen molar-refractivity contribution in [1.82, 2.24) is 4.98 Å². The van der Waals surface area contributed by atoms with Crippen LogP contribution in [0.3, 0.4) is 0 Å². The van der Waals surface area contributed by atoms with Gasteiger partial charge >= 0.3 is 0 Å². The first-order valence-electron chi connectivity index (χ1n) is 5.35. The molecule has 0 amide bonds. The highest BCUT2D eigenvalue weighted by Gasteiger charge is 2.13. The van der Waals surface area contributed by atoms with Crippen LogP contribution in [0.2, 0.25) is 0 Å². The standard InChI is InChI=1S/C11H9F2N5O2/c12-7-2-1-3-8(11(7)13)15-9-4-6(18(19)20)5-10(16-9)17-14/h1-5H,14H2,(H2,15,16,17). The molecule has 1 heterocycles. The molecular formula is C11H9F2N5O2. The lowest BCUT2D eigenvalue weighted by Gasteiger charge is -2.08. The number of hydrazine groups is 1. The van der Waals surface area contributed by atoms with Gasteiger partial charge in [0.2, 0.25) is 0 Å². The van der Waals surface area contributed by atoms with Gasteiger partial charge in [0.25, 0.3) is 5.69 Å². The van der Waals surface area contributed by atoms with Crippen molar-refractivity contribution in [3.05, 3.63) is 52.1 Å². The first kappa shape index (κ1) is 13.6. The Hall–Kier alpha value is -2.81. The van der Waals surface area contributed by atoms with Crippen LogP contribution in [0.1, 0.15) is 0 Å². The number of anilines is 3.